The van der Waals surface area contributed by atoms with Crippen LogP contribution in [0, 0.1) is 0 Å². The van der Waals surface area contributed by atoms with Crippen LogP contribution in [0.2, 0.25) is 10.3 Å². The maximum absolute atomic E-state index is 5.83. The first-order chi connectivity index (χ1) is 10.2. The quantitative estimate of drug-likeness (QED) is 0.505. The Hall–Kier alpha value is -2.18. The second kappa shape index (κ2) is 5.67. The molecule has 4 aromatic heterocycles. The van der Waals surface area contributed by atoms with Crippen molar-refractivity contribution >= 4 is 45.3 Å². The zero-order valence-electron chi connectivity index (χ0n) is 11.0. The largest absolute Gasteiger partial charge is 0.357 e. The predicted octanol–water partition coefficient (Wildman–Crippen LogP) is 3.23. The van der Waals surface area contributed by atoms with E-state index in [0.29, 0.717) is 10.3 Å². The van der Waals surface area contributed by atoms with Gasteiger partial charge in [0.25, 0.3) is 0 Å². The highest BCUT2D eigenvalue weighted by atomic mass is 35.5. The Balaban J connectivity index is 0.000000126. The van der Waals surface area contributed by atoms with Gasteiger partial charge in [-0.25, -0.2) is 19.9 Å². The van der Waals surface area contributed by atoms with Crippen LogP contribution in [0.5, 0.6) is 0 Å². The summed E-state index contributed by atoms with van der Waals surface area (Å²) in [7, 11) is 1.91. The third kappa shape index (κ3) is 2.68. The summed E-state index contributed by atoms with van der Waals surface area (Å²) in [6.07, 6.45) is 6.60. The van der Waals surface area contributed by atoms with Crippen molar-refractivity contribution < 1.29 is 0 Å². The van der Waals surface area contributed by atoms with E-state index in [-0.39, 0.29) is 0 Å². The van der Waals surface area contributed by atoms with Crippen molar-refractivity contribution in [3.63, 3.8) is 0 Å². The van der Waals surface area contributed by atoms with Crippen LogP contribution in [0.25, 0.3) is 22.1 Å². The summed E-state index contributed by atoms with van der Waals surface area (Å²) in [5, 5.41) is 0.970. The fourth-order valence-electron chi connectivity index (χ4n) is 1.92. The van der Waals surface area contributed by atoms with Gasteiger partial charge in [0.15, 0.2) is 10.3 Å². The van der Waals surface area contributed by atoms with E-state index in [1.54, 1.807) is 6.20 Å². The number of aromatic amines is 1. The third-order valence-electron chi connectivity index (χ3n) is 2.91. The van der Waals surface area contributed by atoms with Crippen molar-refractivity contribution in [2.45, 2.75) is 0 Å². The van der Waals surface area contributed by atoms with Crippen LogP contribution in [0.4, 0.5) is 0 Å². The Morgan fingerprint density at radius 1 is 0.952 bits per heavy atom. The number of H-pyrrole nitrogens is 1. The summed E-state index contributed by atoms with van der Waals surface area (Å²) in [6.45, 7) is 0. The SMILES string of the molecule is Clc1ncnc2cc[nH]c12.Cn1ccc2ncnc(Cl)c21. The Kier molecular flexibility index (Phi) is 3.72. The highest BCUT2D eigenvalue weighted by molar-refractivity contribution is 6.33. The van der Waals surface area contributed by atoms with Gasteiger partial charge >= 0.3 is 0 Å². The molecular formula is C13H10Cl2N6. The van der Waals surface area contributed by atoms with Gasteiger partial charge in [0, 0.05) is 19.4 Å². The number of nitrogens with one attached hydrogen (secondary N) is 1. The van der Waals surface area contributed by atoms with Crippen molar-refractivity contribution in [3.8, 4) is 0 Å². The number of hydrogen-bond acceptors (Lipinski definition) is 4. The summed E-state index contributed by atoms with van der Waals surface area (Å²) in [4.78, 5) is 18.6. The first-order valence-corrected chi connectivity index (χ1v) is 6.77. The maximum atomic E-state index is 5.83. The highest BCUT2D eigenvalue weighted by Crippen LogP contribution is 2.18. The topological polar surface area (TPSA) is 72.3 Å². The van der Waals surface area contributed by atoms with Gasteiger partial charge in [0.05, 0.1) is 11.0 Å². The number of fused-ring (bicyclic) bond motifs is 2. The monoisotopic (exact) mass is 320 g/mol. The van der Waals surface area contributed by atoms with Gasteiger partial charge in [-0.3, -0.25) is 0 Å². The molecule has 1 N–H and O–H groups in total. The van der Waals surface area contributed by atoms with Crippen molar-refractivity contribution in [3.05, 3.63) is 47.5 Å². The minimum atomic E-state index is 0.468. The van der Waals surface area contributed by atoms with Gasteiger partial charge in [-0.15, -0.1) is 0 Å². The Labute approximate surface area is 129 Å². The molecule has 0 spiro atoms. The average molecular weight is 321 g/mol. The van der Waals surface area contributed by atoms with Crippen LogP contribution in [0.3, 0.4) is 0 Å². The summed E-state index contributed by atoms with van der Waals surface area (Å²) in [6, 6.07) is 3.76. The predicted molar refractivity (Wildman–Crippen MR) is 82.4 cm³/mol. The van der Waals surface area contributed by atoms with Crippen LogP contribution in [0.15, 0.2) is 37.2 Å². The summed E-state index contributed by atoms with van der Waals surface area (Å²) >= 11 is 11.5. The maximum Gasteiger partial charge on any atom is 0.156 e. The van der Waals surface area contributed by atoms with Crippen LogP contribution in [-0.4, -0.2) is 29.5 Å². The molecule has 106 valence electrons. The second-order valence-corrected chi connectivity index (χ2v) is 4.94. The second-order valence-electron chi connectivity index (χ2n) is 4.23. The lowest BCUT2D eigenvalue weighted by Gasteiger charge is -1.95. The molecule has 0 atom stereocenters. The van der Waals surface area contributed by atoms with Crippen LogP contribution >= 0.6 is 23.2 Å². The first kappa shape index (κ1) is 13.8. The Bertz CT molecular complexity index is 898. The van der Waals surface area contributed by atoms with Gasteiger partial charge < -0.3 is 9.55 Å². The first-order valence-electron chi connectivity index (χ1n) is 6.02. The molecule has 0 aromatic carbocycles. The number of rotatable bonds is 0. The standard InChI is InChI=1S/C7H6ClN3.C6H4ClN3/c1-11-3-2-5-6(11)7(8)10-4-9-5;7-6-5-4(1-2-8-5)9-3-10-6/h2-4H,1H3;1-3,8H. The molecule has 0 saturated heterocycles. The van der Waals surface area contributed by atoms with E-state index in [1.165, 1.54) is 12.7 Å². The average Bonchev–Trinajstić information content (AvgIpc) is 3.08. The fraction of sp³-hybridized carbons (Fsp3) is 0.0769. The minimum absolute atomic E-state index is 0.468. The normalized spacial score (nSPS) is 10.6. The minimum Gasteiger partial charge on any atom is -0.357 e. The number of aromatic nitrogens is 6. The van der Waals surface area contributed by atoms with Crippen LogP contribution < -0.4 is 0 Å². The van der Waals surface area contributed by atoms with E-state index in [2.05, 4.69) is 24.9 Å². The molecule has 0 fully saturated rings. The lowest BCUT2D eigenvalue weighted by molar-refractivity contribution is 0.963. The fourth-order valence-corrected chi connectivity index (χ4v) is 2.38. The number of nitrogens with zero attached hydrogens (tertiary/aromatic N) is 5. The van der Waals surface area contributed by atoms with Gasteiger partial charge in [-0.2, -0.15) is 0 Å². The van der Waals surface area contributed by atoms with E-state index in [9.17, 15) is 0 Å². The lowest BCUT2D eigenvalue weighted by Crippen LogP contribution is -1.87. The van der Waals surface area contributed by atoms with Crippen LogP contribution in [-0.2, 0) is 7.05 Å². The molecule has 0 radical (unpaired) electrons. The smallest absolute Gasteiger partial charge is 0.156 e. The summed E-state index contributed by atoms with van der Waals surface area (Å²) in [5.41, 5.74) is 3.41. The number of aryl methyl sites for hydroxylation is 1. The molecule has 4 rings (SSSR count). The zero-order valence-corrected chi connectivity index (χ0v) is 12.5. The van der Waals surface area contributed by atoms with Gasteiger partial charge in [-0.05, 0) is 12.1 Å². The molecule has 8 heteroatoms. The molecular weight excluding hydrogens is 311 g/mol. The molecule has 4 aromatic rings. The number of halogens is 2. The molecule has 0 aliphatic carbocycles. The van der Waals surface area contributed by atoms with Gasteiger partial charge in [0.2, 0.25) is 0 Å². The Morgan fingerprint density at radius 2 is 1.67 bits per heavy atom. The lowest BCUT2D eigenvalue weighted by atomic mass is 10.5. The summed E-state index contributed by atoms with van der Waals surface area (Å²) in [5.74, 6) is 0. The van der Waals surface area contributed by atoms with Crippen molar-refractivity contribution in [2.75, 3.05) is 0 Å². The van der Waals surface area contributed by atoms with E-state index >= 15 is 0 Å². The van der Waals surface area contributed by atoms with E-state index in [1.807, 2.05) is 29.9 Å². The summed E-state index contributed by atoms with van der Waals surface area (Å²) < 4.78 is 1.90. The molecule has 0 bridgehead atoms. The molecule has 0 aliphatic rings. The molecule has 4 heterocycles. The van der Waals surface area contributed by atoms with E-state index in [4.69, 9.17) is 23.2 Å². The van der Waals surface area contributed by atoms with E-state index < -0.39 is 0 Å². The molecule has 21 heavy (non-hydrogen) atoms. The van der Waals surface area contributed by atoms with Gasteiger partial charge in [0.1, 0.15) is 23.7 Å². The highest BCUT2D eigenvalue weighted by Gasteiger charge is 2.03. The van der Waals surface area contributed by atoms with Gasteiger partial charge in [-0.1, -0.05) is 23.2 Å². The molecule has 0 saturated carbocycles. The molecule has 0 amide bonds. The van der Waals surface area contributed by atoms with Crippen molar-refractivity contribution in [1.82, 2.24) is 29.5 Å². The molecule has 6 nitrogen and oxygen atoms in total. The number of hydrogen-bond donors (Lipinski definition) is 1. The van der Waals surface area contributed by atoms with Crippen LogP contribution in [0.1, 0.15) is 0 Å². The van der Waals surface area contributed by atoms with Crippen molar-refractivity contribution in [1.29, 1.82) is 0 Å². The third-order valence-corrected chi connectivity index (χ3v) is 3.48. The Morgan fingerprint density at radius 3 is 2.38 bits per heavy atom. The van der Waals surface area contributed by atoms with E-state index in [0.717, 1.165) is 22.1 Å². The zero-order chi connectivity index (χ0) is 14.8. The van der Waals surface area contributed by atoms with Crippen molar-refractivity contribution in [2.24, 2.45) is 7.05 Å². The molecule has 0 unspecified atom stereocenters. The molecule has 0 aliphatic heterocycles.